The van der Waals surface area contributed by atoms with Gasteiger partial charge in [-0.05, 0) is 125 Å². The molecule has 0 saturated heterocycles. The van der Waals surface area contributed by atoms with Crippen molar-refractivity contribution in [3.05, 3.63) is 182 Å². The maximum Gasteiger partial charge on any atom is 0.136 e. The highest BCUT2D eigenvalue weighted by Gasteiger charge is 2.17. The first-order chi connectivity index (χ1) is 26.7. The Labute approximate surface area is 314 Å². The molecule has 0 aliphatic carbocycles. The summed E-state index contributed by atoms with van der Waals surface area (Å²) in [6.45, 7) is 0. The maximum absolute atomic E-state index is 6.27. The van der Waals surface area contributed by atoms with E-state index in [-0.39, 0.29) is 0 Å². The predicted octanol–water partition coefficient (Wildman–Crippen LogP) is 15.6. The van der Waals surface area contributed by atoms with E-state index >= 15 is 0 Å². The molecule has 0 atom stereocenters. The molecule has 0 bridgehead atoms. The molecule has 250 valence electrons. The van der Waals surface area contributed by atoms with Gasteiger partial charge in [-0.2, -0.15) is 0 Å². The van der Waals surface area contributed by atoms with Gasteiger partial charge in [-0.1, -0.05) is 133 Å². The first-order valence-electron chi connectivity index (χ1n) is 18.5. The van der Waals surface area contributed by atoms with Crippen molar-refractivity contribution < 1.29 is 4.42 Å². The van der Waals surface area contributed by atoms with Crippen LogP contribution in [0.4, 0.5) is 0 Å². The number of thiophene rings is 1. The molecule has 0 radical (unpaired) electrons. The van der Waals surface area contributed by atoms with E-state index < -0.39 is 0 Å². The summed E-state index contributed by atoms with van der Waals surface area (Å²) in [5.41, 5.74) is 9.39. The summed E-state index contributed by atoms with van der Waals surface area (Å²) < 4.78 is 8.87. The second-order valence-electron chi connectivity index (χ2n) is 14.4. The molecule has 2 heteroatoms. The second-order valence-corrected chi connectivity index (χ2v) is 15.5. The van der Waals surface area contributed by atoms with Crippen molar-refractivity contribution in [1.29, 1.82) is 0 Å². The van der Waals surface area contributed by atoms with E-state index in [1.807, 2.05) is 17.4 Å². The van der Waals surface area contributed by atoms with Crippen molar-refractivity contribution in [1.82, 2.24) is 0 Å². The van der Waals surface area contributed by atoms with Gasteiger partial charge < -0.3 is 4.42 Å². The zero-order valence-corrected chi connectivity index (χ0v) is 30.0. The van der Waals surface area contributed by atoms with Crippen LogP contribution in [0.1, 0.15) is 0 Å². The second kappa shape index (κ2) is 11.4. The van der Waals surface area contributed by atoms with Gasteiger partial charge in [-0.3, -0.25) is 0 Å². The van der Waals surface area contributed by atoms with Crippen LogP contribution in [0.5, 0.6) is 0 Å². The summed E-state index contributed by atoms with van der Waals surface area (Å²) in [6, 6.07) is 66.9. The molecule has 2 aromatic heterocycles. The van der Waals surface area contributed by atoms with Gasteiger partial charge in [-0.15, -0.1) is 11.3 Å². The van der Waals surface area contributed by atoms with Gasteiger partial charge in [0.25, 0.3) is 0 Å². The molecule has 10 aromatic carbocycles. The van der Waals surface area contributed by atoms with Gasteiger partial charge in [0.2, 0.25) is 0 Å². The SMILES string of the molecule is c1ccc(-c2c3ccccc3c(-c3ccc4cc(-c5ccc6cc7sc8cc9c(cc8c7cc6c5)oc5ccccc59)ccc4c3)c3ccccc23)cc1. The van der Waals surface area contributed by atoms with E-state index in [0.29, 0.717) is 0 Å². The lowest BCUT2D eigenvalue weighted by molar-refractivity contribution is 0.669. The van der Waals surface area contributed by atoms with Gasteiger partial charge in [-0.25, -0.2) is 0 Å². The topological polar surface area (TPSA) is 13.1 Å². The molecule has 0 aliphatic heterocycles. The summed E-state index contributed by atoms with van der Waals surface area (Å²) in [7, 11) is 0. The van der Waals surface area contributed by atoms with Crippen molar-refractivity contribution in [3.63, 3.8) is 0 Å². The number of hydrogen-bond acceptors (Lipinski definition) is 2. The minimum Gasteiger partial charge on any atom is -0.456 e. The fourth-order valence-corrected chi connectivity index (χ4v) is 10.0. The Hall–Kier alpha value is -6.74. The summed E-state index contributed by atoms with van der Waals surface area (Å²) in [5.74, 6) is 0. The summed E-state index contributed by atoms with van der Waals surface area (Å²) in [6.07, 6.45) is 0. The molecule has 0 fully saturated rings. The van der Waals surface area contributed by atoms with Gasteiger partial charge in [0.05, 0.1) is 0 Å². The van der Waals surface area contributed by atoms with Crippen molar-refractivity contribution in [2.24, 2.45) is 0 Å². The number of para-hydroxylation sites is 1. The predicted molar refractivity (Wildman–Crippen MR) is 233 cm³/mol. The van der Waals surface area contributed by atoms with E-state index in [1.54, 1.807) is 0 Å². The molecule has 1 nitrogen and oxygen atoms in total. The normalized spacial score (nSPS) is 12.1. The Morgan fingerprint density at radius 1 is 0.278 bits per heavy atom. The molecule has 0 aliphatic rings. The molecule has 0 N–H and O–H groups in total. The van der Waals surface area contributed by atoms with Crippen LogP contribution >= 0.6 is 11.3 Å². The monoisotopic (exact) mass is 702 g/mol. The minimum absolute atomic E-state index is 0.940. The lowest BCUT2D eigenvalue weighted by Crippen LogP contribution is -1.90. The smallest absolute Gasteiger partial charge is 0.136 e. The third-order valence-electron chi connectivity index (χ3n) is 11.4. The number of furan rings is 1. The summed E-state index contributed by atoms with van der Waals surface area (Å²) >= 11 is 1.86. The fourth-order valence-electron chi connectivity index (χ4n) is 8.85. The molecule has 0 unspecified atom stereocenters. The van der Waals surface area contributed by atoms with E-state index in [9.17, 15) is 0 Å². The largest absolute Gasteiger partial charge is 0.456 e. The van der Waals surface area contributed by atoms with Crippen molar-refractivity contribution in [2.75, 3.05) is 0 Å². The molecule has 54 heavy (non-hydrogen) atoms. The Kier molecular flexibility index (Phi) is 6.28. The minimum atomic E-state index is 0.940. The Morgan fingerprint density at radius 2 is 0.778 bits per heavy atom. The zero-order valence-electron chi connectivity index (χ0n) is 29.1. The molecular weight excluding hydrogens is 673 g/mol. The molecule has 0 saturated carbocycles. The van der Waals surface area contributed by atoms with Crippen LogP contribution in [0, 0.1) is 0 Å². The summed E-state index contributed by atoms with van der Waals surface area (Å²) in [5, 5.41) is 15.0. The van der Waals surface area contributed by atoms with Crippen LogP contribution in [0.3, 0.4) is 0 Å². The number of hydrogen-bond donors (Lipinski definition) is 0. The number of rotatable bonds is 3. The highest BCUT2D eigenvalue weighted by molar-refractivity contribution is 7.26. The van der Waals surface area contributed by atoms with Gasteiger partial charge in [0.15, 0.2) is 0 Å². The van der Waals surface area contributed by atoms with Crippen molar-refractivity contribution in [2.45, 2.75) is 0 Å². The van der Waals surface area contributed by atoms with Gasteiger partial charge >= 0.3 is 0 Å². The molecule has 12 rings (SSSR count). The maximum atomic E-state index is 6.27. The van der Waals surface area contributed by atoms with Crippen LogP contribution in [0.2, 0.25) is 0 Å². The van der Waals surface area contributed by atoms with E-state index in [4.69, 9.17) is 4.42 Å². The molecule has 2 heterocycles. The molecular formula is C52H30OS. The Balaban J connectivity index is 0.967. The Bertz CT molecular complexity index is 3440. The average Bonchev–Trinajstić information content (AvgIpc) is 3.77. The van der Waals surface area contributed by atoms with E-state index in [0.717, 1.165) is 11.2 Å². The van der Waals surface area contributed by atoms with Crippen LogP contribution in [0.15, 0.2) is 186 Å². The van der Waals surface area contributed by atoms with Crippen LogP contribution in [0.25, 0.3) is 119 Å². The lowest BCUT2D eigenvalue weighted by Gasteiger charge is -2.18. The Morgan fingerprint density at radius 3 is 1.46 bits per heavy atom. The van der Waals surface area contributed by atoms with E-state index in [2.05, 4.69) is 176 Å². The fraction of sp³-hybridized carbons (Fsp3) is 0. The van der Waals surface area contributed by atoms with E-state index in [1.165, 1.54) is 107 Å². The van der Waals surface area contributed by atoms with Gasteiger partial charge in [0, 0.05) is 30.9 Å². The van der Waals surface area contributed by atoms with Gasteiger partial charge in [0.1, 0.15) is 11.2 Å². The third kappa shape index (κ3) is 4.44. The highest BCUT2D eigenvalue weighted by atomic mass is 32.1. The van der Waals surface area contributed by atoms with Crippen LogP contribution in [-0.2, 0) is 0 Å². The third-order valence-corrected chi connectivity index (χ3v) is 12.5. The van der Waals surface area contributed by atoms with Crippen LogP contribution < -0.4 is 0 Å². The van der Waals surface area contributed by atoms with Crippen molar-refractivity contribution >= 4 is 96.5 Å². The first kappa shape index (κ1) is 29.8. The molecule has 0 amide bonds. The average molecular weight is 703 g/mol. The molecule has 12 aromatic rings. The standard InChI is InChI=1S/C52H30OS/c1-2-10-31(11-3-1)51-40-13-4-6-15-42(40)52(43-16-7-5-14-41(43)51)37-23-22-33-24-32(18-19-34(33)25-37)35-20-21-36-28-49-45(27-38(36)26-35)46-29-48-44(30-50(46)54-49)39-12-8-9-17-47(39)53-48/h1-30H. The quantitative estimate of drug-likeness (QED) is 0.167. The zero-order chi connectivity index (χ0) is 35.3. The van der Waals surface area contributed by atoms with Crippen LogP contribution in [-0.4, -0.2) is 0 Å². The summed E-state index contributed by atoms with van der Waals surface area (Å²) in [4.78, 5) is 0. The molecule has 0 spiro atoms. The first-order valence-corrected chi connectivity index (χ1v) is 19.3. The highest BCUT2D eigenvalue weighted by Crippen LogP contribution is 2.45. The number of benzene rings is 10. The number of fused-ring (bicyclic) bond motifs is 10. The lowest BCUT2D eigenvalue weighted by atomic mass is 9.85. The van der Waals surface area contributed by atoms with Crippen molar-refractivity contribution in [3.8, 4) is 33.4 Å².